The van der Waals surface area contributed by atoms with Gasteiger partial charge in [-0.3, -0.25) is 0 Å². The summed E-state index contributed by atoms with van der Waals surface area (Å²) in [5, 5.41) is 3.30. The van der Waals surface area contributed by atoms with E-state index in [0.29, 0.717) is 29.3 Å². The van der Waals surface area contributed by atoms with Gasteiger partial charge in [0.25, 0.3) is 0 Å². The molecule has 0 amide bonds. The molecule has 0 fully saturated rings. The van der Waals surface area contributed by atoms with Crippen LogP contribution in [0, 0.1) is 5.82 Å². The molecule has 2 rings (SSSR count). The maximum Gasteiger partial charge on any atom is 0.416 e. The Hall–Kier alpha value is -2.83. The van der Waals surface area contributed by atoms with Crippen molar-refractivity contribution >= 4 is 5.82 Å². The van der Waals surface area contributed by atoms with E-state index in [2.05, 4.69) is 10.3 Å². The average molecular weight is 479 g/mol. The molecule has 1 heterocycles. The summed E-state index contributed by atoms with van der Waals surface area (Å²) in [6, 6.07) is 2.65. The normalized spacial score (nSPS) is 18.9. The summed E-state index contributed by atoms with van der Waals surface area (Å²) >= 11 is 0. The maximum atomic E-state index is 13.7. The van der Waals surface area contributed by atoms with Gasteiger partial charge in [-0.2, -0.15) is 13.2 Å². The average Bonchev–Trinajstić information content (AvgIpc) is 2.78. The summed E-state index contributed by atoms with van der Waals surface area (Å²) in [4.78, 5) is 4.08. The van der Waals surface area contributed by atoms with Crippen LogP contribution in [-0.2, 0) is 4.74 Å². The van der Waals surface area contributed by atoms with E-state index in [1.807, 2.05) is 20.8 Å². The van der Waals surface area contributed by atoms with Crippen molar-refractivity contribution in [3.05, 3.63) is 82.3 Å². The largest absolute Gasteiger partial charge is 0.459 e. The molecule has 1 unspecified atom stereocenters. The highest BCUT2D eigenvalue weighted by atomic mass is 19.4. The summed E-state index contributed by atoms with van der Waals surface area (Å²) in [5.74, 6) is 1.17. The number of rotatable bonds is 9. The third kappa shape index (κ3) is 7.61. The van der Waals surface area contributed by atoms with E-state index in [0.717, 1.165) is 42.7 Å². The molecule has 0 bridgehead atoms. The van der Waals surface area contributed by atoms with Crippen molar-refractivity contribution in [3.63, 3.8) is 0 Å². The van der Waals surface area contributed by atoms with Gasteiger partial charge in [0.05, 0.1) is 17.8 Å². The molecule has 1 N–H and O–H groups in total. The first-order valence-corrected chi connectivity index (χ1v) is 11.7. The molecule has 1 aliphatic rings. The first-order chi connectivity index (χ1) is 16.1. The molecular weight excluding hydrogens is 444 g/mol. The molecule has 7 heteroatoms. The van der Waals surface area contributed by atoms with Crippen LogP contribution in [0.15, 0.2) is 76.4 Å². The van der Waals surface area contributed by atoms with Gasteiger partial charge >= 0.3 is 6.18 Å². The smallest absolute Gasteiger partial charge is 0.416 e. The molecule has 0 aromatic carbocycles. The van der Waals surface area contributed by atoms with Crippen molar-refractivity contribution in [2.24, 2.45) is 0 Å². The third-order valence-corrected chi connectivity index (χ3v) is 5.63. The van der Waals surface area contributed by atoms with Crippen LogP contribution in [0.4, 0.5) is 23.4 Å². The number of aromatic nitrogens is 1. The van der Waals surface area contributed by atoms with Gasteiger partial charge in [-0.25, -0.2) is 9.37 Å². The molecule has 1 atom stereocenters. The SMILES string of the molecule is C\C=C/C(=C\C(=C\CC)C(F)(F)F)C(OC1=C(C)CCCC1Nc1ccc(F)cn1)=C(C)CC. The lowest BCUT2D eigenvalue weighted by Crippen LogP contribution is -2.28. The fraction of sp³-hybridized carbons (Fsp3) is 0.444. The van der Waals surface area contributed by atoms with E-state index >= 15 is 0 Å². The number of ether oxygens (including phenoxy) is 1. The fourth-order valence-electron chi connectivity index (χ4n) is 3.73. The van der Waals surface area contributed by atoms with Gasteiger partial charge < -0.3 is 10.1 Å². The van der Waals surface area contributed by atoms with Crippen molar-refractivity contribution in [1.82, 2.24) is 4.98 Å². The van der Waals surface area contributed by atoms with E-state index in [-0.39, 0.29) is 12.5 Å². The standard InChI is InChI=1S/C27H34F4N2O/c1-6-10-20(16-21(11-7-2)27(29,30)31)25(18(4)8-3)34-26-19(5)12-9-13-23(26)33-24-15-14-22(28)17-32-24/h6,10-11,14-17,23H,7-9,12-13H2,1-5H3,(H,32,33)/b10-6-,20-16+,21-11-,25-18?. The third-order valence-electron chi connectivity index (χ3n) is 5.63. The first kappa shape index (κ1) is 27.4. The zero-order chi connectivity index (χ0) is 25.3. The van der Waals surface area contributed by atoms with Crippen LogP contribution in [0.1, 0.15) is 66.7 Å². The minimum Gasteiger partial charge on any atom is -0.459 e. The Kier molecular flexibility index (Phi) is 10.1. The molecule has 0 saturated heterocycles. The Bertz CT molecular complexity index is 983. The first-order valence-electron chi connectivity index (χ1n) is 11.7. The van der Waals surface area contributed by atoms with Gasteiger partial charge in [0, 0.05) is 5.57 Å². The van der Waals surface area contributed by atoms with E-state index in [1.54, 1.807) is 32.1 Å². The summed E-state index contributed by atoms with van der Waals surface area (Å²) in [5.41, 5.74) is 1.52. The predicted octanol–water partition coefficient (Wildman–Crippen LogP) is 8.56. The minimum atomic E-state index is -4.47. The monoisotopic (exact) mass is 478 g/mol. The summed E-state index contributed by atoms with van der Waals surface area (Å²) < 4.78 is 60.7. The number of halogens is 4. The lowest BCUT2D eigenvalue weighted by atomic mass is 9.94. The van der Waals surface area contributed by atoms with Crippen molar-refractivity contribution in [1.29, 1.82) is 0 Å². The van der Waals surface area contributed by atoms with Crippen molar-refractivity contribution < 1.29 is 22.3 Å². The zero-order valence-corrected chi connectivity index (χ0v) is 20.5. The molecule has 1 aromatic rings. The van der Waals surface area contributed by atoms with Gasteiger partial charge in [0.15, 0.2) is 0 Å². The number of allylic oxidation sites excluding steroid dienone is 7. The lowest BCUT2D eigenvalue weighted by molar-refractivity contribution is -0.0884. The number of pyridine rings is 1. The number of alkyl halides is 3. The highest BCUT2D eigenvalue weighted by Crippen LogP contribution is 2.35. The van der Waals surface area contributed by atoms with Crippen LogP contribution < -0.4 is 5.32 Å². The molecule has 0 radical (unpaired) electrons. The number of hydrogen-bond donors (Lipinski definition) is 1. The Morgan fingerprint density at radius 1 is 1.26 bits per heavy atom. The van der Waals surface area contributed by atoms with Gasteiger partial charge in [-0.1, -0.05) is 32.1 Å². The highest BCUT2D eigenvalue weighted by Gasteiger charge is 2.32. The molecule has 0 saturated carbocycles. The van der Waals surface area contributed by atoms with Crippen LogP contribution in [0.5, 0.6) is 0 Å². The quantitative estimate of drug-likeness (QED) is 0.219. The highest BCUT2D eigenvalue weighted by molar-refractivity contribution is 5.46. The second-order valence-corrected chi connectivity index (χ2v) is 8.33. The number of nitrogens with one attached hydrogen (secondary N) is 1. The van der Waals surface area contributed by atoms with Crippen LogP contribution in [0.3, 0.4) is 0 Å². The van der Waals surface area contributed by atoms with Gasteiger partial charge in [0.2, 0.25) is 0 Å². The topological polar surface area (TPSA) is 34.1 Å². The molecule has 0 aliphatic heterocycles. The summed E-state index contributed by atoms with van der Waals surface area (Å²) in [6.07, 6.45) is 5.76. The van der Waals surface area contributed by atoms with Crippen LogP contribution in [0.25, 0.3) is 0 Å². The predicted molar refractivity (Wildman–Crippen MR) is 130 cm³/mol. The summed E-state index contributed by atoms with van der Waals surface area (Å²) in [6.45, 7) is 9.22. The summed E-state index contributed by atoms with van der Waals surface area (Å²) in [7, 11) is 0. The number of anilines is 1. The van der Waals surface area contributed by atoms with E-state index in [1.165, 1.54) is 12.1 Å². The van der Waals surface area contributed by atoms with Gasteiger partial charge in [-0.05, 0) is 82.2 Å². The Morgan fingerprint density at radius 2 is 2.00 bits per heavy atom. The van der Waals surface area contributed by atoms with Crippen LogP contribution >= 0.6 is 0 Å². The molecule has 1 aromatic heterocycles. The lowest BCUT2D eigenvalue weighted by Gasteiger charge is -2.30. The van der Waals surface area contributed by atoms with Crippen LogP contribution in [-0.4, -0.2) is 17.2 Å². The zero-order valence-electron chi connectivity index (χ0n) is 20.5. The molecule has 1 aliphatic carbocycles. The van der Waals surface area contributed by atoms with Crippen LogP contribution in [0.2, 0.25) is 0 Å². The van der Waals surface area contributed by atoms with E-state index in [9.17, 15) is 17.6 Å². The second kappa shape index (κ2) is 12.6. The maximum absolute atomic E-state index is 13.7. The molecular formula is C27H34F4N2O. The van der Waals surface area contributed by atoms with E-state index < -0.39 is 17.6 Å². The Balaban J connectivity index is 2.51. The van der Waals surface area contributed by atoms with Gasteiger partial charge in [0.1, 0.15) is 23.2 Å². The number of nitrogens with zero attached hydrogens (tertiary/aromatic N) is 1. The Labute approximate surface area is 200 Å². The van der Waals surface area contributed by atoms with E-state index in [4.69, 9.17) is 4.74 Å². The molecule has 186 valence electrons. The minimum absolute atomic E-state index is 0.230. The second-order valence-electron chi connectivity index (χ2n) is 8.33. The molecule has 0 spiro atoms. The Morgan fingerprint density at radius 3 is 2.56 bits per heavy atom. The van der Waals surface area contributed by atoms with Crippen molar-refractivity contribution in [2.45, 2.75) is 78.9 Å². The molecule has 3 nitrogen and oxygen atoms in total. The fourth-order valence-corrected chi connectivity index (χ4v) is 3.73. The van der Waals surface area contributed by atoms with Crippen molar-refractivity contribution in [3.8, 4) is 0 Å². The van der Waals surface area contributed by atoms with Gasteiger partial charge in [-0.15, -0.1) is 0 Å². The van der Waals surface area contributed by atoms with Crippen molar-refractivity contribution in [2.75, 3.05) is 5.32 Å². The molecule has 34 heavy (non-hydrogen) atoms. The number of hydrogen-bond acceptors (Lipinski definition) is 3.